The van der Waals surface area contributed by atoms with Gasteiger partial charge in [0.2, 0.25) is 5.13 Å². The van der Waals surface area contributed by atoms with Crippen LogP contribution in [-0.2, 0) is 4.74 Å². The quantitative estimate of drug-likeness (QED) is 0.470. The fourth-order valence-electron chi connectivity index (χ4n) is 1.10. The molecule has 0 amide bonds. The highest BCUT2D eigenvalue weighted by atomic mass is 32.1. The molecule has 0 saturated heterocycles. The maximum atomic E-state index is 5.55. The molecule has 0 aliphatic heterocycles. The molecule has 0 aliphatic rings. The summed E-state index contributed by atoms with van der Waals surface area (Å²) in [5.74, 6) is 0.441. The Bertz CT molecular complexity index is 336. The van der Waals surface area contributed by atoms with Gasteiger partial charge in [0.25, 0.3) is 0 Å². The number of hydrogen-bond acceptors (Lipinski definition) is 5. The van der Waals surface area contributed by atoms with E-state index in [1.165, 1.54) is 6.04 Å². The van der Waals surface area contributed by atoms with Crippen LogP contribution in [0.2, 0.25) is 25.7 Å². The fraction of sp³-hybridized carbons (Fsp3) is 0.818. The summed E-state index contributed by atoms with van der Waals surface area (Å²) in [4.78, 5) is 0. The van der Waals surface area contributed by atoms with Gasteiger partial charge >= 0.3 is 0 Å². The Hall–Kier alpha value is -0.463. The van der Waals surface area contributed by atoms with E-state index >= 15 is 0 Å². The monoisotopic (exact) mass is 273 g/mol. The molecule has 0 bridgehead atoms. The lowest BCUT2D eigenvalue weighted by Crippen LogP contribution is -2.22. The van der Waals surface area contributed by atoms with E-state index in [1.807, 2.05) is 0 Å². The third-order valence-electron chi connectivity index (χ3n) is 2.26. The summed E-state index contributed by atoms with van der Waals surface area (Å²) in [6.45, 7) is 12.6. The number of rotatable bonds is 7. The van der Waals surface area contributed by atoms with Crippen LogP contribution >= 0.6 is 11.3 Å². The van der Waals surface area contributed by atoms with Crippen molar-refractivity contribution >= 4 is 24.5 Å². The first kappa shape index (κ1) is 14.6. The summed E-state index contributed by atoms with van der Waals surface area (Å²) in [5.41, 5.74) is 0. The van der Waals surface area contributed by atoms with Crippen molar-refractivity contribution in [2.75, 3.05) is 18.7 Å². The average molecular weight is 273 g/mol. The smallest absolute Gasteiger partial charge is 0.207 e. The largest absolute Gasteiger partial charge is 0.362 e. The molecule has 1 heterocycles. The lowest BCUT2D eigenvalue weighted by molar-refractivity contribution is 0.166. The van der Waals surface area contributed by atoms with Crippen molar-refractivity contribution < 1.29 is 4.74 Å². The van der Waals surface area contributed by atoms with Crippen LogP contribution in [0.1, 0.15) is 24.8 Å². The molecule has 1 rings (SSSR count). The molecule has 4 nitrogen and oxygen atoms in total. The van der Waals surface area contributed by atoms with Crippen LogP contribution in [-0.4, -0.2) is 31.6 Å². The Kier molecular flexibility index (Phi) is 5.55. The zero-order valence-electron chi connectivity index (χ0n) is 11.4. The summed E-state index contributed by atoms with van der Waals surface area (Å²) in [6.07, 6.45) is 0. The standard InChI is InChI=1S/C11H23N3OSSi/c1-9(2)10-13-14-11(16-10)12-8-15-6-7-17(3,4)5/h9H,6-8H2,1-5H3,(H,12,14). The van der Waals surface area contributed by atoms with Crippen LogP contribution in [0.4, 0.5) is 5.13 Å². The molecule has 6 heteroatoms. The minimum atomic E-state index is -0.975. The van der Waals surface area contributed by atoms with Gasteiger partial charge in [-0.05, 0) is 6.04 Å². The van der Waals surface area contributed by atoms with Crippen LogP contribution in [0.3, 0.4) is 0 Å². The van der Waals surface area contributed by atoms with Gasteiger partial charge in [-0.25, -0.2) is 0 Å². The van der Waals surface area contributed by atoms with E-state index in [0.717, 1.165) is 16.7 Å². The maximum Gasteiger partial charge on any atom is 0.207 e. The lowest BCUT2D eigenvalue weighted by Gasteiger charge is -2.15. The number of hydrogen-bond donors (Lipinski definition) is 1. The van der Waals surface area contributed by atoms with E-state index in [4.69, 9.17) is 4.74 Å². The molecule has 1 aromatic rings. The van der Waals surface area contributed by atoms with Gasteiger partial charge in [-0.3, -0.25) is 0 Å². The summed E-state index contributed by atoms with van der Waals surface area (Å²) in [7, 11) is -0.975. The van der Waals surface area contributed by atoms with Crippen molar-refractivity contribution in [2.45, 2.75) is 45.5 Å². The zero-order chi connectivity index (χ0) is 12.9. The Labute approximate surface area is 109 Å². The SMILES string of the molecule is CC(C)c1nnc(NCOCC[Si](C)(C)C)s1. The minimum absolute atomic E-state index is 0.441. The molecule has 0 aliphatic carbocycles. The second-order valence-corrected chi connectivity index (χ2v) is 12.3. The van der Waals surface area contributed by atoms with Crippen LogP contribution in [0.15, 0.2) is 0 Å². The molecular formula is C11H23N3OSSi. The first-order valence-corrected chi connectivity index (χ1v) is 10.6. The topological polar surface area (TPSA) is 47.0 Å². The Morgan fingerprint density at radius 2 is 2.00 bits per heavy atom. The molecule has 0 unspecified atom stereocenters. The lowest BCUT2D eigenvalue weighted by atomic mass is 10.2. The van der Waals surface area contributed by atoms with Crippen molar-refractivity contribution in [1.82, 2.24) is 10.2 Å². The first-order valence-electron chi connectivity index (χ1n) is 6.03. The highest BCUT2D eigenvalue weighted by Gasteiger charge is 2.12. The second-order valence-electron chi connectivity index (χ2n) is 5.64. The molecule has 0 fully saturated rings. The molecule has 1 N–H and O–H groups in total. The van der Waals surface area contributed by atoms with Gasteiger partial charge in [-0.2, -0.15) is 0 Å². The molecule has 17 heavy (non-hydrogen) atoms. The van der Waals surface area contributed by atoms with Gasteiger partial charge in [-0.1, -0.05) is 44.8 Å². The summed E-state index contributed by atoms with van der Waals surface area (Å²) >= 11 is 1.60. The van der Waals surface area contributed by atoms with E-state index < -0.39 is 8.07 Å². The number of anilines is 1. The maximum absolute atomic E-state index is 5.55. The second kappa shape index (κ2) is 6.46. The van der Waals surface area contributed by atoms with E-state index in [2.05, 4.69) is 49.0 Å². The number of aromatic nitrogens is 2. The summed E-state index contributed by atoms with van der Waals surface area (Å²) in [5, 5.41) is 13.2. The summed E-state index contributed by atoms with van der Waals surface area (Å²) in [6, 6.07) is 1.20. The van der Waals surface area contributed by atoms with Crippen LogP contribution in [0, 0.1) is 0 Å². The van der Waals surface area contributed by atoms with Crippen molar-refractivity contribution in [1.29, 1.82) is 0 Å². The predicted molar refractivity (Wildman–Crippen MR) is 76.6 cm³/mol. The molecule has 0 saturated carbocycles. The number of ether oxygens (including phenoxy) is 1. The Morgan fingerprint density at radius 3 is 2.53 bits per heavy atom. The van der Waals surface area contributed by atoms with E-state index in [9.17, 15) is 0 Å². The van der Waals surface area contributed by atoms with Crippen LogP contribution in [0.25, 0.3) is 0 Å². The van der Waals surface area contributed by atoms with Gasteiger partial charge in [0.05, 0.1) is 0 Å². The molecule has 0 aromatic carbocycles. The zero-order valence-corrected chi connectivity index (χ0v) is 13.2. The third kappa shape index (κ3) is 6.14. The molecule has 98 valence electrons. The third-order valence-corrected chi connectivity index (χ3v) is 5.14. The van der Waals surface area contributed by atoms with Crippen LogP contribution < -0.4 is 5.32 Å². The normalized spacial score (nSPS) is 12.1. The van der Waals surface area contributed by atoms with Crippen molar-refractivity contribution in [3.63, 3.8) is 0 Å². The van der Waals surface area contributed by atoms with E-state index in [1.54, 1.807) is 11.3 Å². The molecule has 0 atom stereocenters. The van der Waals surface area contributed by atoms with Gasteiger partial charge in [0, 0.05) is 20.6 Å². The molecular weight excluding hydrogens is 250 g/mol. The Morgan fingerprint density at radius 1 is 1.29 bits per heavy atom. The van der Waals surface area contributed by atoms with Gasteiger partial charge in [0.1, 0.15) is 11.7 Å². The molecule has 0 spiro atoms. The predicted octanol–water partition coefficient (Wildman–Crippen LogP) is 3.39. The van der Waals surface area contributed by atoms with E-state index in [-0.39, 0.29) is 0 Å². The number of nitrogens with one attached hydrogen (secondary N) is 1. The highest BCUT2D eigenvalue weighted by Crippen LogP contribution is 2.22. The Balaban J connectivity index is 2.18. The molecule has 0 radical (unpaired) electrons. The average Bonchev–Trinajstić information content (AvgIpc) is 2.64. The van der Waals surface area contributed by atoms with E-state index in [0.29, 0.717) is 12.6 Å². The van der Waals surface area contributed by atoms with Gasteiger partial charge in [-0.15, -0.1) is 10.2 Å². The minimum Gasteiger partial charge on any atom is -0.362 e. The summed E-state index contributed by atoms with van der Waals surface area (Å²) < 4.78 is 5.55. The van der Waals surface area contributed by atoms with Crippen molar-refractivity contribution in [3.8, 4) is 0 Å². The highest BCUT2D eigenvalue weighted by molar-refractivity contribution is 7.15. The van der Waals surface area contributed by atoms with Gasteiger partial charge < -0.3 is 10.1 Å². The van der Waals surface area contributed by atoms with Gasteiger partial charge in [0.15, 0.2) is 0 Å². The fourth-order valence-corrected chi connectivity index (χ4v) is 2.59. The van der Waals surface area contributed by atoms with Crippen molar-refractivity contribution in [3.05, 3.63) is 5.01 Å². The first-order chi connectivity index (χ1) is 7.88. The number of nitrogens with zero attached hydrogens (tertiary/aromatic N) is 2. The molecule has 1 aromatic heterocycles. The van der Waals surface area contributed by atoms with Crippen molar-refractivity contribution in [2.24, 2.45) is 0 Å². The van der Waals surface area contributed by atoms with Crippen LogP contribution in [0.5, 0.6) is 0 Å².